The van der Waals surface area contributed by atoms with E-state index in [-0.39, 0.29) is 18.0 Å². The van der Waals surface area contributed by atoms with Crippen LogP contribution in [0.2, 0.25) is 0 Å². The Labute approximate surface area is 122 Å². The highest BCUT2D eigenvalue weighted by Crippen LogP contribution is 2.16. The maximum atomic E-state index is 12.0. The molecule has 0 unspecified atom stereocenters. The number of benzene rings is 1. The third-order valence-electron chi connectivity index (χ3n) is 2.72. The number of carbonyl (C=O) groups excluding carboxylic acids is 1. The summed E-state index contributed by atoms with van der Waals surface area (Å²) in [7, 11) is 0. The van der Waals surface area contributed by atoms with Crippen molar-refractivity contribution in [3.05, 3.63) is 28.5 Å². The summed E-state index contributed by atoms with van der Waals surface area (Å²) in [5.41, 5.74) is 1.83. The summed E-state index contributed by atoms with van der Waals surface area (Å²) in [6.07, 6.45) is 0. The molecule has 1 aromatic heterocycles. The number of nitrogens with zero attached hydrogens (tertiary/aromatic N) is 2. The minimum Gasteiger partial charge on any atom is -0.350 e. The molecule has 1 heterocycles. The van der Waals surface area contributed by atoms with Crippen LogP contribution in [0.15, 0.2) is 18.2 Å². The molecule has 0 saturated carbocycles. The number of aromatic nitrogens is 2. The van der Waals surface area contributed by atoms with Crippen molar-refractivity contribution in [2.75, 3.05) is 0 Å². The summed E-state index contributed by atoms with van der Waals surface area (Å²) in [4.78, 5) is 15.1. The number of H-pyrrole nitrogens is 1. The van der Waals surface area contributed by atoms with Crippen LogP contribution in [-0.4, -0.2) is 21.0 Å². The van der Waals surface area contributed by atoms with Gasteiger partial charge in [-0.15, -0.1) is 0 Å². The number of nitriles is 1. The van der Waals surface area contributed by atoms with E-state index in [9.17, 15) is 4.79 Å². The van der Waals surface area contributed by atoms with Crippen molar-refractivity contribution in [2.24, 2.45) is 0 Å². The number of hydrogen-bond donors (Lipinski definition) is 2. The third-order valence-corrected chi connectivity index (χ3v) is 3.04. The molecule has 2 rings (SSSR count). The molecule has 0 aliphatic heterocycles. The van der Waals surface area contributed by atoms with Crippen molar-refractivity contribution in [3.63, 3.8) is 0 Å². The van der Waals surface area contributed by atoms with Crippen molar-refractivity contribution in [1.29, 1.82) is 5.26 Å². The van der Waals surface area contributed by atoms with Crippen molar-refractivity contribution >= 4 is 29.2 Å². The second-order valence-corrected chi connectivity index (χ2v) is 6.04. The van der Waals surface area contributed by atoms with Crippen molar-refractivity contribution < 1.29 is 4.79 Å². The summed E-state index contributed by atoms with van der Waals surface area (Å²) < 4.78 is 2.17. The van der Waals surface area contributed by atoms with E-state index in [1.54, 1.807) is 22.8 Å². The fraction of sp³-hybridized carbons (Fsp3) is 0.357. The average Bonchev–Trinajstić information content (AvgIpc) is 2.63. The molecule has 104 valence electrons. The zero-order valence-corrected chi connectivity index (χ0v) is 12.5. The van der Waals surface area contributed by atoms with E-state index in [2.05, 4.69) is 16.4 Å². The Hall–Kier alpha value is -2.13. The van der Waals surface area contributed by atoms with Crippen molar-refractivity contribution in [1.82, 2.24) is 14.9 Å². The van der Waals surface area contributed by atoms with Gasteiger partial charge in [0.05, 0.1) is 22.7 Å². The second kappa shape index (κ2) is 5.10. The minimum absolute atomic E-state index is 0.114. The third kappa shape index (κ3) is 3.06. The standard InChI is InChI=1S/C14H16N4OS/c1-14(2,3)17-12(19)8-18-11-6-9(7-15)4-5-10(11)16-13(18)20/h4-6H,8H2,1-3H3,(H,16,20)(H,17,19). The second-order valence-electron chi connectivity index (χ2n) is 5.66. The van der Waals surface area contributed by atoms with Gasteiger partial charge >= 0.3 is 0 Å². The van der Waals surface area contributed by atoms with E-state index in [0.29, 0.717) is 10.3 Å². The summed E-state index contributed by atoms with van der Waals surface area (Å²) in [6.45, 7) is 5.90. The molecule has 5 nitrogen and oxygen atoms in total. The highest BCUT2D eigenvalue weighted by Gasteiger charge is 2.15. The number of imidazole rings is 1. The average molecular weight is 288 g/mol. The lowest BCUT2D eigenvalue weighted by Gasteiger charge is -2.20. The van der Waals surface area contributed by atoms with E-state index >= 15 is 0 Å². The monoisotopic (exact) mass is 288 g/mol. The van der Waals surface area contributed by atoms with E-state index in [4.69, 9.17) is 17.5 Å². The fourth-order valence-corrected chi connectivity index (χ4v) is 2.25. The Morgan fingerprint density at radius 1 is 1.50 bits per heavy atom. The molecule has 1 amide bonds. The van der Waals surface area contributed by atoms with E-state index < -0.39 is 0 Å². The van der Waals surface area contributed by atoms with Crippen molar-refractivity contribution in [3.8, 4) is 6.07 Å². The summed E-state index contributed by atoms with van der Waals surface area (Å²) in [5.74, 6) is -0.114. The first-order valence-electron chi connectivity index (χ1n) is 6.24. The quantitative estimate of drug-likeness (QED) is 0.834. The predicted octanol–water partition coefficient (Wildman–Crippen LogP) is 2.49. The highest BCUT2D eigenvalue weighted by molar-refractivity contribution is 7.71. The number of aromatic amines is 1. The van der Waals surface area contributed by atoms with Gasteiger partial charge in [-0.1, -0.05) is 0 Å². The molecule has 1 aromatic carbocycles. The Bertz CT molecular complexity index is 758. The smallest absolute Gasteiger partial charge is 0.240 e. The van der Waals surface area contributed by atoms with Crippen LogP contribution in [0, 0.1) is 16.1 Å². The number of amides is 1. The molecule has 20 heavy (non-hydrogen) atoms. The van der Waals surface area contributed by atoms with Gasteiger partial charge in [-0.2, -0.15) is 5.26 Å². The van der Waals surface area contributed by atoms with Crippen LogP contribution in [0.25, 0.3) is 11.0 Å². The number of nitrogens with one attached hydrogen (secondary N) is 2. The zero-order chi connectivity index (χ0) is 14.9. The van der Waals surface area contributed by atoms with E-state index in [0.717, 1.165) is 11.0 Å². The molecule has 0 bridgehead atoms. The number of hydrogen-bond acceptors (Lipinski definition) is 3. The molecule has 0 radical (unpaired) electrons. The molecule has 0 atom stereocenters. The summed E-state index contributed by atoms with van der Waals surface area (Å²) in [6, 6.07) is 7.32. The molecule has 2 N–H and O–H groups in total. The zero-order valence-electron chi connectivity index (χ0n) is 11.7. The van der Waals surface area contributed by atoms with Crippen LogP contribution in [0.1, 0.15) is 26.3 Å². The molecule has 2 aromatic rings. The Balaban J connectivity index is 2.39. The first kappa shape index (κ1) is 14.3. The van der Waals surface area contributed by atoms with Crippen molar-refractivity contribution in [2.45, 2.75) is 32.9 Å². The molecular weight excluding hydrogens is 272 g/mol. The Kier molecular flexibility index (Phi) is 3.64. The first-order chi connectivity index (χ1) is 9.30. The lowest BCUT2D eigenvalue weighted by Crippen LogP contribution is -2.42. The van der Waals surface area contributed by atoms with Gasteiger partial charge in [0.15, 0.2) is 4.77 Å². The van der Waals surface area contributed by atoms with Crippen LogP contribution in [0.3, 0.4) is 0 Å². The van der Waals surface area contributed by atoms with Gasteiger partial charge in [-0.25, -0.2) is 0 Å². The van der Waals surface area contributed by atoms with Crippen LogP contribution in [0.4, 0.5) is 0 Å². The van der Waals surface area contributed by atoms with E-state index in [1.165, 1.54) is 0 Å². The molecule has 0 fully saturated rings. The topological polar surface area (TPSA) is 73.6 Å². The van der Waals surface area contributed by atoms with Gasteiger partial charge in [0.1, 0.15) is 6.54 Å². The lowest BCUT2D eigenvalue weighted by atomic mass is 10.1. The van der Waals surface area contributed by atoms with Crippen LogP contribution < -0.4 is 5.32 Å². The molecule has 0 aliphatic carbocycles. The molecule has 0 saturated heterocycles. The molecular formula is C14H16N4OS. The largest absolute Gasteiger partial charge is 0.350 e. The van der Waals surface area contributed by atoms with Crippen LogP contribution in [-0.2, 0) is 11.3 Å². The van der Waals surface area contributed by atoms with E-state index in [1.807, 2.05) is 20.8 Å². The van der Waals surface area contributed by atoms with Crippen LogP contribution in [0.5, 0.6) is 0 Å². The Morgan fingerprint density at radius 3 is 2.80 bits per heavy atom. The normalized spacial score (nSPS) is 11.3. The SMILES string of the molecule is CC(C)(C)NC(=O)Cn1c(=S)[nH]c2ccc(C#N)cc21. The van der Waals surface area contributed by atoms with Gasteiger partial charge in [0.25, 0.3) is 0 Å². The molecule has 0 spiro atoms. The lowest BCUT2D eigenvalue weighted by molar-refractivity contribution is -0.123. The summed E-state index contributed by atoms with van der Waals surface area (Å²) in [5, 5.41) is 11.8. The van der Waals surface area contributed by atoms with Gasteiger partial charge in [0.2, 0.25) is 5.91 Å². The number of fused-ring (bicyclic) bond motifs is 1. The van der Waals surface area contributed by atoms with Gasteiger partial charge < -0.3 is 14.9 Å². The van der Waals surface area contributed by atoms with Gasteiger partial charge in [-0.05, 0) is 51.2 Å². The van der Waals surface area contributed by atoms with Crippen LogP contribution >= 0.6 is 12.2 Å². The summed E-state index contributed by atoms with van der Waals surface area (Å²) >= 11 is 5.24. The predicted molar refractivity (Wildman–Crippen MR) is 79.7 cm³/mol. The highest BCUT2D eigenvalue weighted by atomic mass is 32.1. The maximum Gasteiger partial charge on any atom is 0.240 e. The van der Waals surface area contributed by atoms with Gasteiger partial charge in [0, 0.05) is 5.54 Å². The Morgan fingerprint density at radius 2 is 2.20 bits per heavy atom. The van der Waals surface area contributed by atoms with Gasteiger partial charge in [-0.3, -0.25) is 4.79 Å². The minimum atomic E-state index is -0.289. The number of carbonyl (C=O) groups is 1. The number of rotatable bonds is 2. The first-order valence-corrected chi connectivity index (χ1v) is 6.65. The molecule has 6 heteroatoms. The molecule has 0 aliphatic rings. The maximum absolute atomic E-state index is 12.0. The fourth-order valence-electron chi connectivity index (χ4n) is 1.98.